The van der Waals surface area contributed by atoms with Crippen molar-refractivity contribution in [3.63, 3.8) is 0 Å². The van der Waals surface area contributed by atoms with Gasteiger partial charge in [0.2, 0.25) is 5.91 Å². The van der Waals surface area contributed by atoms with Gasteiger partial charge in [0.25, 0.3) is 0 Å². The molecular weight excluding hydrogens is 222 g/mol. The molecule has 0 aromatic rings. The van der Waals surface area contributed by atoms with E-state index in [2.05, 4.69) is 4.90 Å². The van der Waals surface area contributed by atoms with Crippen LogP contribution >= 0.6 is 0 Å². The molecule has 0 aromatic carbocycles. The number of rotatable bonds is 5. The van der Waals surface area contributed by atoms with E-state index in [-0.39, 0.29) is 19.0 Å². The second kappa shape index (κ2) is 6.56. The van der Waals surface area contributed by atoms with Crippen molar-refractivity contribution in [1.29, 1.82) is 0 Å². The van der Waals surface area contributed by atoms with Crippen LogP contribution in [0, 0.1) is 0 Å². The first kappa shape index (κ1) is 13.9. The Kier molecular flexibility index (Phi) is 5.37. The van der Waals surface area contributed by atoms with E-state index >= 15 is 0 Å². The van der Waals surface area contributed by atoms with E-state index in [1.807, 2.05) is 18.9 Å². The summed E-state index contributed by atoms with van der Waals surface area (Å²) in [6, 6.07) is 0. The Bertz CT molecular complexity index is 275. The molecule has 0 aromatic heterocycles. The molecule has 0 atom stereocenters. The number of hydrogen-bond donors (Lipinski definition) is 1. The quantitative estimate of drug-likeness (QED) is 0.682. The van der Waals surface area contributed by atoms with Crippen LogP contribution in [-0.4, -0.2) is 84.5 Å². The highest BCUT2D eigenvalue weighted by molar-refractivity contribution is 5.79. The van der Waals surface area contributed by atoms with Gasteiger partial charge in [0, 0.05) is 26.2 Å². The monoisotopic (exact) mass is 243 g/mol. The van der Waals surface area contributed by atoms with Crippen LogP contribution in [0.15, 0.2) is 0 Å². The maximum absolute atomic E-state index is 11.9. The molecule has 1 rings (SSSR count). The Balaban J connectivity index is 2.39. The third-order valence-electron chi connectivity index (χ3n) is 3.02. The largest absolute Gasteiger partial charge is 0.480 e. The molecule has 1 heterocycles. The number of amides is 1. The minimum atomic E-state index is -0.891. The zero-order valence-corrected chi connectivity index (χ0v) is 10.6. The van der Waals surface area contributed by atoms with Gasteiger partial charge in [-0.15, -0.1) is 0 Å². The van der Waals surface area contributed by atoms with Gasteiger partial charge in [-0.3, -0.25) is 14.5 Å². The predicted octanol–water partition coefficient (Wildman–Crippen LogP) is -0.833. The number of piperazine rings is 1. The zero-order valence-electron chi connectivity index (χ0n) is 10.6. The molecule has 0 radical (unpaired) electrons. The summed E-state index contributed by atoms with van der Waals surface area (Å²) in [6.45, 7) is 5.81. The first-order valence-electron chi connectivity index (χ1n) is 5.93. The Morgan fingerprint density at radius 1 is 1.18 bits per heavy atom. The number of aliphatic carboxylic acids is 1. The van der Waals surface area contributed by atoms with Crippen LogP contribution in [-0.2, 0) is 9.59 Å². The van der Waals surface area contributed by atoms with E-state index in [4.69, 9.17) is 5.11 Å². The lowest BCUT2D eigenvalue weighted by atomic mass is 10.3. The van der Waals surface area contributed by atoms with Crippen LogP contribution < -0.4 is 0 Å². The predicted molar refractivity (Wildman–Crippen MR) is 63.8 cm³/mol. The Morgan fingerprint density at radius 2 is 1.76 bits per heavy atom. The van der Waals surface area contributed by atoms with E-state index in [0.29, 0.717) is 6.54 Å². The Hall–Kier alpha value is -1.14. The third-order valence-corrected chi connectivity index (χ3v) is 3.02. The van der Waals surface area contributed by atoms with Crippen LogP contribution in [0.4, 0.5) is 0 Å². The molecule has 1 saturated heterocycles. The summed E-state index contributed by atoms with van der Waals surface area (Å²) < 4.78 is 0. The smallest absolute Gasteiger partial charge is 0.317 e. The summed E-state index contributed by atoms with van der Waals surface area (Å²) >= 11 is 0. The van der Waals surface area contributed by atoms with Crippen molar-refractivity contribution in [3.05, 3.63) is 0 Å². The minimum absolute atomic E-state index is 0.0289. The summed E-state index contributed by atoms with van der Waals surface area (Å²) in [6.07, 6.45) is 0. The molecule has 1 aliphatic rings. The fourth-order valence-corrected chi connectivity index (χ4v) is 1.82. The molecule has 0 unspecified atom stereocenters. The molecule has 6 nitrogen and oxygen atoms in total. The first-order chi connectivity index (χ1) is 8.02. The lowest BCUT2D eigenvalue weighted by Gasteiger charge is -2.33. The van der Waals surface area contributed by atoms with Crippen LogP contribution in [0.5, 0.6) is 0 Å². The molecule has 1 amide bonds. The van der Waals surface area contributed by atoms with E-state index in [1.54, 1.807) is 4.90 Å². The number of hydrogen-bond acceptors (Lipinski definition) is 4. The SMILES string of the molecule is CCN(CC(=O)O)CC(=O)N1CCN(C)CC1. The molecule has 1 fully saturated rings. The molecule has 17 heavy (non-hydrogen) atoms. The van der Waals surface area contributed by atoms with Crippen molar-refractivity contribution >= 4 is 11.9 Å². The maximum atomic E-state index is 11.9. The van der Waals surface area contributed by atoms with Gasteiger partial charge < -0.3 is 14.9 Å². The summed E-state index contributed by atoms with van der Waals surface area (Å²) in [5.41, 5.74) is 0. The van der Waals surface area contributed by atoms with E-state index in [0.717, 1.165) is 26.2 Å². The summed E-state index contributed by atoms with van der Waals surface area (Å²) in [5.74, 6) is -0.862. The van der Waals surface area contributed by atoms with Crippen molar-refractivity contribution < 1.29 is 14.7 Å². The highest BCUT2D eigenvalue weighted by atomic mass is 16.4. The van der Waals surface area contributed by atoms with Crippen molar-refractivity contribution in [1.82, 2.24) is 14.7 Å². The number of carbonyl (C=O) groups is 2. The molecule has 0 saturated carbocycles. The molecule has 1 aliphatic heterocycles. The van der Waals surface area contributed by atoms with Crippen LogP contribution in [0.1, 0.15) is 6.92 Å². The van der Waals surface area contributed by atoms with Crippen LogP contribution in [0.25, 0.3) is 0 Å². The molecular formula is C11H21N3O3. The summed E-state index contributed by atoms with van der Waals surface area (Å²) in [4.78, 5) is 28.2. The number of carbonyl (C=O) groups excluding carboxylic acids is 1. The molecule has 0 aliphatic carbocycles. The van der Waals surface area contributed by atoms with Crippen LogP contribution in [0.2, 0.25) is 0 Å². The van der Waals surface area contributed by atoms with Crippen molar-refractivity contribution in [3.8, 4) is 0 Å². The van der Waals surface area contributed by atoms with Gasteiger partial charge in [-0.25, -0.2) is 0 Å². The lowest BCUT2D eigenvalue weighted by Crippen LogP contribution is -2.50. The number of nitrogens with zero attached hydrogens (tertiary/aromatic N) is 3. The van der Waals surface area contributed by atoms with Crippen LogP contribution in [0.3, 0.4) is 0 Å². The van der Waals surface area contributed by atoms with Gasteiger partial charge in [0.15, 0.2) is 0 Å². The molecule has 98 valence electrons. The van der Waals surface area contributed by atoms with Crippen molar-refractivity contribution in [2.24, 2.45) is 0 Å². The average molecular weight is 243 g/mol. The summed E-state index contributed by atoms with van der Waals surface area (Å²) in [5, 5.41) is 8.70. The fraction of sp³-hybridized carbons (Fsp3) is 0.818. The molecule has 6 heteroatoms. The highest BCUT2D eigenvalue weighted by Crippen LogP contribution is 2.01. The van der Waals surface area contributed by atoms with E-state index < -0.39 is 5.97 Å². The van der Waals surface area contributed by atoms with Gasteiger partial charge in [-0.1, -0.05) is 6.92 Å². The topological polar surface area (TPSA) is 64.1 Å². The average Bonchev–Trinajstić information content (AvgIpc) is 2.28. The maximum Gasteiger partial charge on any atom is 0.317 e. The van der Waals surface area contributed by atoms with E-state index in [9.17, 15) is 9.59 Å². The lowest BCUT2D eigenvalue weighted by molar-refractivity contribution is -0.140. The molecule has 0 spiro atoms. The van der Waals surface area contributed by atoms with Crippen molar-refractivity contribution in [2.45, 2.75) is 6.92 Å². The third kappa shape index (κ3) is 4.70. The van der Waals surface area contributed by atoms with Gasteiger partial charge in [0.05, 0.1) is 13.1 Å². The van der Waals surface area contributed by atoms with Crippen molar-refractivity contribution in [2.75, 3.05) is 52.9 Å². The van der Waals surface area contributed by atoms with Gasteiger partial charge in [0.1, 0.15) is 0 Å². The number of carboxylic acids is 1. The fourth-order valence-electron chi connectivity index (χ4n) is 1.82. The molecule has 0 bridgehead atoms. The molecule has 1 N–H and O–H groups in total. The second-order valence-electron chi connectivity index (χ2n) is 4.38. The Morgan fingerprint density at radius 3 is 2.24 bits per heavy atom. The summed E-state index contributed by atoms with van der Waals surface area (Å²) in [7, 11) is 2.03. The standard InChI is InChI=1S/C11H21N3O3/c1-3-13(9-11(16)17)8-10(15)14-6-4-12(2)5-7-14/h3-9H2,1-2H3,(H,16,17). The van der Waals surface area contributed by atoms with Gasteiger partial charge in [-0.05, 0) is 13.6 Å². The van der Waals surface area contributed by atoms with E-state index in [1.165, 1.54) is 0 Å². The zero-order chi connectivity index (χ0) is 12.8. The first-order valence-corrected chi connectivity index (χ1v) is 5.93. The Labute approximate surface area is 102 Å². The number of likely N-dealkylation sites (N-methyl/N-ethyl adjacent to an activating group) is 2. The second-order valence-corrected chi connectivity index (χ2v) is 4.38. The normalized spacial score (nSPS) is 17.5. The minimum Gasteiger partial charge on any atom is -0.480 e. The number of carboxylic acid groups (broad SMARTS) is 1. The van der Waals surface area contributed by atoms with Gasteiger partial charge >= 0.3 is 5.97 Å². The highest BCUT2D eigenvalue weighted by Gasteiger charge is 2.21. The van der Waals surface area contributed by atoms with Gasteiger partial charge in [-0.2, -0.15) is 0 Å².